The molecule has 1 atom stereocenters. The Labute approximate surface area is 152 Å². The molecule has 2 aromatic rings. The second-order valence-electron chi connectivity index (χ2n) is 6.09. The maximum Gasteiger partial charge on any atom is 0.309 e. The van der Waals surface area contributed by atoms with Crippen LogP contribution in [0, 0.1) is 13.8 Å². The first kappa shape index (κ1) is 19.4. The van der Waals surface area contributed by atoms with Gasteiger partial charge in [0.2, 0.25) is 5.78 Å². The zero-order valence-electron chi connectivity index (χ0n) is 15.4. The number of hydrogen-bond donors (Lipinski definition) is 1. The molecule has 0 bridgehead atoms. The Bertz CT molecular complexity index is 807. The lowest BCUT2D eigenvalue weighted by molar-refractivity contribution is -0.146. The third-order valence-corrected chi connectivity index (χ3v) is 4.03. The van der Waals surface area contributed by atoms with Crippen LogP contribution < -0.4 is 4.74 Å². The third kappa shape index (κ3) is 4.59. The second-order valence-corrected chi connectivity index (χ2v) is 6.09. The number of carbonyl (C=O) groups is 3. The molecule has 6 heteroatoms. The molecule has 0 saturated heterocycles. The van der Waals surface area contributed by atoms with Gasteiger partial charge in [0, 0.05) is 11.3 Å². The molecule has 0 unspecified atom stereocenters. The van der Waals surface area contributed by atoms with Crippen LogP contribution in [0.15, 0.2) is 30.3 Å². The highest BCUT2D eigenvalue weighted by Crippen LogP contribution is 2.20. The highest BCUT2D eigenvalue weighted by molar-refractivity contribution is 6.05. The summed E-state index contributed by atoms with van der Waals surface area (Å²) in [4.78, 5) is 39.1. The monoisotopic (exact) mass is 357 g/mol. The van der Waals surface area contributed by atoms with Crippen molar-refractivity contribution in [2.75, 3.05) is 6.61 Å². The standard InChI is InChI=1S/C20H23NO5/c1-12-18(14(3)22)13(2)21-19(12)20(24)15(4)26-17(23)10-11-25-16-8-6-5-7-9-16/h5-9,15,21H,10-11H2,1-4H3/t15-/m0/s1. The van der Waals surface area contributed by atoms with E-state index in [9.17, 15) is 14.4 Å². The van der Waals surface area contributed by atoms with Crippen LogP contribution >= 0.6 is 0 Å². The first-order valence-electron chi connectivity index (χ1n) is 8.43. The number of aromatic amines is 1. The molecule has 1 aromatic carbocycles. The van der Waals surface area contributed by atoms with E-state index in [-0.39, 0.29) is 24.6 Å². The molecule has 1 aromatic heterocycles. The predicted octanol–water partition coefficient (Wildman–Crippen LogP) is 3.42. The van der Waals surface area contributed by atoms with Gasteiger partial charge in [0.25, 0.3) is 0 Å². The van der Waals surface area contributed by atoms with Crippen LogP contribution in [0.5, 0.6) is 5.75 Å². The van der Waals surface area contributed by atoms with Crippen molar-refractivity contribution in [3.8, 4) is 5.75 Å². The summed E-state index contributed by atoms with van der Waals surface area (Å²) in [5, 5.41) is 0. The summed E-state index contributed by atoms with van der Waals surface area (Å²) in [5.41, 5.74) is 2.01. The van der Waals surface area contributed by atoms with E-state index in [2.05, 4.69) is 4.98 Å². The number of esters is 1. The van der Waals surface area contributed by atoms with Gasteiger partial charge in [0.05, 0.1) is 18.7 Å². The van der Waals surface area contributed by atoms with Gasteiger partial charge < -0.3 is 14.5 Å². The molecule has 138 valence electrons. The maximum absolute atomic E-state index is 12.5. The normalized spacial score (nSPS) is 11.7. The SMILES string of the molecule is CC(=O)c1c(C)[nH]c(C(=O)[C@H](C)OC(=O)CCOc2ccccc2)c1C. The number of para-hydroxylation sites is 1. The van der Waals surface area contributed by atoms with Crippen LogP contribution in [-0.2, 0) is 9.53 Å². The highest BCUT2D eigenvalue weighted by atomic mass is 16.5. The van der Waals surface area contributed by atoms with Crippen molar-refractivity contribution in [2.24, 2.45) is 0 Å². The number of ether oxygens (including phenoxy) is 2. The number of nitrogens with one attached hydrogen (secondary N) is 1. The van der Waals surface area contributed by atoms with Gasteiger partial charge in [-0.15, -0.1) is 0 Å². The van der Waals surface area contributed by atoms with E-state index in [1.807, 2.05) is 18.2 Å². The van der Waals surface area contributed by atoms with Gasteiger partial charge in [-0.25, -0.2) is 0 Å². The smallest absolute Gasteiger partial charge is 0.309 e. The van der Waals surface area contributed by atoms with Crippen LogP contribution in [0.4, 0.5) is 0 Å². The van der Waals surface area contributed by atoms with E-state index in [4.69, 9.17) is 9.47 Å². The number of H-pyrrole nitrogens is 1. The topological polar surface area (TPSA) is 85.5 Å². The number of aryl methyl sites for hydroxylation is 1. The van der Waals surface area contributed by atoms with E-state index in [1.54, 1.807) is 26.0 Å². The van der Waals surface area contributed by atoms with E-state index < -0.39 is 12.1 Å². The zero-order chi connectivity index (χ0) is 19.3. The van der Waals surface area contributed by atoms with Gasteiger partial charge in [-0.3, -0.25) is 14.4 Å². The molecule has 1 N–H and O–H groups in total. The first-order chi connectivity index (χ1) is 12.3. The Morgan fingerprint density at radius 2 is 1.77 bits per heavy atom. The molecule has 0 spiro atoms. The number of aromatic nitrogens is 1. The lowest BCUT2D eigenvalue weighted by atomic mass is 10.0. The summed E-state index contributed by atoms with van der Waals surface area (Å²) < 4.78 is 10.6. The Balaban J connectivity index is 1.91. The van der Waals surface area contributed by atoms with E-state index in [0.717, 1.165) is 0 Å². The minimum atomic E-state index is -0.948. The van der Waals surface area contributed by atoms with Crippen molar-refractivity contribution in [1.82, 2.24) is 4.98 Å². The van der Waals surface area contributed by atoms with E-state index in [1.165, 1.54) is 13.8 Å². The molecule has 0 amide bonds. The average Bonchev–Trinajstić information content (AvgIpc) is 2.89. The van der Waals surface area contributed by atoms with Gasteiger partial charge in [0.15, 0.2) is 11.9 Å². The van der Waals surface area contributed by atoms with E-state index in [0.29, 0.717) is 28.3 Å². The highest BCUT2D eigenvalue weighted by Gasteiger charge is 2.25. The first-order valence-corrected chi connectivity index (χ1v) is 8.43. The second kappa shape index (κ2) is 8.47. The van der Waals surface area contributed by atoms with Crippen molar-refractivity contribution in [3.05, 3.63) is 52.8 Å². The lowest BCUT2D eigenvalue weighted by Gasteiger charge is -2.12. The molecular formula is C20H23NO5. The molecule has 26 heavy (non-hydrogen) atoms. The summed E-state index contributed by atoms with van der Waals surface area (Å²) in [6, 6.07) is 9.13. The van der Waals surface area contributed by atoms with E-state index >= 15 is 0 Å². The van der Waals surface area contributed by atoms with Crippen LogP contribution in [0.1, 0.15) is 52.4 Å². The molecule has 0 aliphatic carbocycles. The van der Waals surface area contributed by atoms with Crippen molar-refractivity contribution < 1.29 is 23.9 Å². The molecule has 0 fully saturated rings. The van der Waals surface area contributed by atoms with Gasteiger partial charge in [-0.2, -0.15) is 0 Å². The van der Waals surface area contributed by atoms with Crippen molar-refractivity contribution >= 4 is 17.5 Å². The molecule has 2 rings (SSSR count). The minimum absolute atomic E-state index is 0.0357. The third-order valence-electron chi connectivity index (χ3n) is 4.03. The Kier molecular flexibility index (Phi) is 6.33. The molecule has 0 radical (unpaired) electrons. The summed E-state index contributed by atoms with van der Waals surface area (Å²) >= 11 is 0. The van der Waals surface area contributed by atoms with Crippen molar-refractivity contribution in [2.45, 2.75) is 40.2 Å². The largest absolute Gasteiger partial charge is 0.493 e. The fourth-order valence-electron chi connectivity index (χ4n) is 2.81. The summed E-state index contributed by atoms with van der Waals surface area (Å²) in [7, 11) is 0. The quantitative estimate of drug-likeness (QED) is 0.578. The molecule has 1 heterocycles. The van der Waals surface area contributed by atoms with Gasteiger partial charge in [-0.1, -0.05) is 18.2 Å². The predicted molar refractivity (Wildman–Crippen MR) is 96.7 cm³/mol. The molecular weight excluding hydrogens is 334 g/mol. The summed E-state index contributed by atoms with van der Waals surface area (Å²) in [6.45, 7) is 6.57. The number of rotatable bonds is 8. The Hall–Kier alpha value is -2.89. The molecule has 0 aliphatic heterocycles. The number of carbonyl (C=O) groups excluding carboxylic acids is 3. The number of hydrogen-bond acceptors (Lipinski definition) is 5. The number of benzene rings is 1. The molecule has 0 aliphatic rings. The number of Topliss-reactive ketones (excluding diaryl/α,β-unsaturated/α-hetero) is 2. The summed E-state index contributed by atoms with van der Waals surface area (Å²) in [6.07, 6.45) is -0.913. The zero-order valence-corrected chi connectivity index (χ0v) is 15.4. The van der Waals surface area contributed by atoms with Gasteiger partial charge in [0.1, 0.15) is 5.75 Å². The van der Waals surface area contributed by atoms with Crippen LogP contribution in [0.3, 0.4) is 0 Å². The van der Waals surface area contributed by atoms with Crippen molar-refractivity contribution in [1.29, 1.82) is 0 Å². The van der Waals surface area contributed by atoms with Crippen molar-refractivity contribution in [3.63, 3.8) is 0 Å². The maximum atomic E-state index is 12.5. The summed E-state index contributed by atoms with van der Waals surface area (Å²) in [5.74, 6) is -0.332. The van der Waals surface area contributed by atoms with Gasteiger partial charge in [-0.05, 0) is 45.4 Å². The number of ketones is 2. The average molecular weight is 357 g/mol. The fraction of sp³-hybridized carbons (Fsp3) is 0.350. The van der Waals surface area contributed by atoms with Crippen LogP contribution in [0.2, 0.25) is 0 Å². The molecule has 6 nitrogen and oxygen atoms in total. The van der Waals surface area contributed by atoms with Crippen LogP contribution in [-0.4, -0.2) is 35.2 Å². The van der Waals surface area contributed by atoms with Crippen LogP contribution in [0.25, 0.3) is 0 Å². The fourth-order valence-corrected chi connectivity index (χ4v) is 2.81. The lowest BCUT2D eigenvalue weighted by Crippen LogP contribution is -2.26. The molecule has 0 saturated carbocycles. The van der Waals surface area contributed by atoms with Gasteiger partial charge >= 0.3 is 5.97 Å². The Morgan fingerprint density at radius 3 is 2.35 bits per heavy atom. The minimum Gasteiger partial charge on any atom is -0.493 e. The Morgan fingerprint density at radius 1 is 1.12 bits per heavy atom.